The Morgan fingerprint density at radius 2 is 1.88 bits per heavy atom. The van der Waals surface area contributed by atoms with E-state index in [0.717, 1.165) is 4.47 Å². The lowest BCUT2D eigenvalue weighted by atomic mass is 10.1. The molecule has 9 nitrogen and oxygen atoms in total. The number of benzene rings is 2. The van der Waals surface area contributed by atoms with Gasteiger partial charge in [0, 0.05) is 11.0 Å². The average molecular weight is 495 g/mol. The van der Waals surface area contributed by atoms with Crippen LogP contribution < -0.4 is 15.3 Å². The predicted octanol–water partition coefficient (Wildman–Crippen LogP) is 2.96. The van der Waals surface area contributed by atoms with Crippen LogP contribution in [0.3, 0.4) is 0 Å². The zero-order chi connectivity index (χ0) is 22.2. The van der Waals surface area contributed by atoms with Crippen molar-refractivity contribution in [2.24, 2.45) is 0 Å². The van der Waals surface area contributed by atoms with Crippen LogP contribution in [0.5, 0.6) is 5.75 Å². The van der Waals surface area contributed by atoms with Crippen LogP contribution >= 0.6 is 15.9 Å². The summed E-state index contributed by atoms with van der Waals surface area (Å²) >= 11 is 3.32. The molecule has 1 amide bonds. The molecule has 0 saturated carbocycles. The van der Waals surface area contributed by atoms with E-state index in [1.807, 2.05) is 6.07 Å². The third-order valence-electron chi connectivity index (χ3n) is 5.06. The molecule has 0 spiro atoms. The number of halogens is 1. The SMILES string of the molecule is O=C1C(=O)N(CCn2cc(COc3cc(=O)oc4ccccc34)nn2)c2ccc(Br)cc21. The van der Waals surface area contributed by atoms with Crippen molar-refractivity contribution in [2.45, 2.75) is 13.2 Å². The van der Waals surface area contributed by atoms with Gasteiger partial charge in [-0.1, -0.05) is 33.3 Å². The van der Waals surface area contributed by atoms with Crippen molar-refractivity contribution in [3.05, 3.63) is 80.9 Å². The molecular weight excluding hydrogens is 480 g/mol. The second kappa shape index (κ2) is 8.04. The number of carbonyl (C=O) groups is 2. The van der Waals surface area contributed by atoms with E-state index < -0.39 is 17.3 Å². The zero-order valence-electron chi connectivity index (χ0n) is 16.5. The van der Waals surface area contributed by atoms with Crippen molar-refractivity contribution in [1.82, 2.24) is 15.0 Å². The van der Waals surface area contributed by atoms with E-state index in [1.165, 1.54) is 11.0 Å². The molecule has 1 aliphatic rings. The maximum atomic E-state index is 12.4. The van der Waals surface area contributed by atoms with Crippen LogP contribution in [0, 0.1) is 0 Å². The first kappa shape index (κ1) is 20.1. The van der Waals surface area contributed by atoms with Crippen LogP contribution in [0.2, 0.25) is 0 Å². The van der Waals surface area contributed by atoms with Gasteiger partial charge in [-0.25, -0.2) is 4.79 Å². The Balaban J connectivity index is 1.26. The Bertz CT molecular complexity index is 1430. The van der Waals surface area contributed by atoms with Gasteiger partial charge in [0.1, 0.15) is 23.6 Å². The van der Waals surface area contributed by atoms with Crippen molar-refractivity contribution in [3.63, 3.8) is 0 Å². The molecule has 10 heteroatoms. The Hall–Kier alpha value is -3.79. The second-order valence-corrected chi connectivity index (χ2v) is 8.05. The number of hydrogen-bond acceptors (Lipinski definition) is 7. The molecule has 4 aromatic rings. The first-order chi connectivity index (χ1) is 15.5. The fraction of sp³-hybridized carbons (Fsp3) is 0.136. The molecule has 0 aliphatic carbocycles. The maximum Gasteiger partial charge on any atom is 0.339 e. The summed E-state index contributed by atoms with van der Waals surface area (Å²) in [6, 6.07) is 13.6. The normalized spacial score (nSPS) is 13.1. The number of fused-ring (bicyclic) bond motifs is 2. The molecule has 0 unspecified atom stereocenters. The molecule has 5 rings (SSSR count). The molecule has 0 radical (unpaired) electrons. The Morgan fingerprint density at radius 3 is 2.75 bits per heavy atom. The molecule has 2 aromatic heterocycles. The van der Waals surface area contributed by atoms with Gasteiger partial charge in [-0.15, -0.1) is 5.10 Å². The summed E-state index contributed by atoms with van der Waals surface area (Å²) in [6.07, 6.45) is 1.69. The van der Waals surface area contributed by atoms with E-state index in [0.29, 0.717) is 40.2 Å². The lowest BCUT2D eigenvalue weighted by Gasteiger charge is -2.16. The molecular formula is C22H15BrN4O5. The fourth-order valence-electron chi connectivity index (χ4n) is 3.56. The topological polar surface area (TPSA) is 108 Å². The van der Waals surface area contributed by atoms with Gasteiger partial charge in [0.05, 0.1) is 35.4 Å². The van der Waals surface area contributed by atoms with Gasteiger partial charge in [-0.2, -0.15) is 0 Å². The highest BCUT2D eigenvalue weighted by atomic mass is 79.9. The average Bonchev–Trinajstić information content (AvgIpc) is 3.33. The van der Waals surface area contributed by atoms with Crippen LogP contribution in [-0.4, -0.2) is 33.2 Å². The number of carbonyl (C=O) groups excluding carboxylic acids is 2. The van der Waals surface area contributed by atoms with Crippen molar-refractivity contribution in [1.29, 1.82) is 0 Å². The molecule has 2 aromatic carbocycles. The lowest BCUT2D eigenvalue weighted by Crippen LogP contribution is -2.32. The third kappa shape index (κ3) is 3.69. The highest BCUT2D eigenvalue weighted by Crippen LogP contribution is 2.31. The number of rotatable bonds is 6. The number of ketones is 1. The lowest BCUT2D eigenvalue weighted by molar-refractivity contribution is -0.114. The predicted molar refractivity (Wildman–Crippen MR) is 118 cm³/mol. The summed E-state index contributed by atoms with van der Waals surface area (Å²) in [7, 11) is 0. The van der Waals surface area contributed by atoms with Gasteiger partial charge < -0.3 is 14.1 Å². The number of ether oxygens (including phenoxy) is 1. The van der Waals surface area contributed by atoms with Gasteiger partial charge in [0.25, 0.3) is 11.7 Å². The van der Waals surface area contributed by atoms with Crippen LogP contribution in [0.15, 0.2) is 68.4 Å². The monoisotopic (exact) mass is 494 g/mol. The number of nitrogens with zero attached hydrogens (tertiary/aromatic N) is 4. The molecule has 0 atom stereocenters. The molecule has 32 heavy (non-hydrogen) atoms. The van der Waals surface area contributed by atoms with Crippen LogP contribution in [0.1, 0.15) is 16.1 Å². The summed E-state index contributed by atoms with van der Waals surface area (Å²) in [4.78, 5) is 37.8. The molecule has 3 heterocycles. The smallest absolute Gasteiger partial charge is 0.339 e. The summed E-state index contributed by atoms with van der Waals surface area (Å²) in [6.45, 7) is 0.720. The minimum atomic E-state index is -0.559. The summed E-state index contributed by atoms with van der Waals surface area (Å²) in [5.74, 6) is -0.680. The van der Waals surface area contributed by atoms with Gasteiger partial charge >= 0.3 is 5.63 Å². The van der Waals surface area contributed by atoms with E-state index in [4.69, 9.17) is 9.15 Å². The Kier molecular flexibility index (Phi) is 5.06. The molecule has 0 fully saturated rings. The van der Waals surface area contributed by atoms with E-state index in [2.05, 4.69) is 26.2 Å². The fourth-order valence-corrected chi connectivity index (χ4v) is 3.93. The standard InChI is InChI=1S/C22H15BrN4O5/c23-13-5-6-17-16(9-13)21(29)22(30)27(17)8-7-26-11-14(24-25-26)12-31-19-10-20(28)32-18-4-2-1-3-15(18)19/h1-6,9-11H,7-8,12H2. The number of hydrogen-bond donors (Lipinski definition) is 0. The van der Waals surface area contributed by atoms with Gasteiger partial charge in [0.15, 0.2) is 0 Å². The Morgan fingerprint density at radius 1 is 1.03 bits per heavy atom. The van der Waals surface area contributed by atoms with Crippen molar-refractivity contribution in [2.75, 3.05) is 11.4 Å². The summed E-state index contributed by atoms with van der Waals surface area (Å²) < 4.78 is 13.3. The number of Topliss-reactive ketones (excluding diaryl/α,β-unsaturated/α-hetero) is 1. The van der Waals surface area contributed by atoms with Crippen LogP contribution in [-0.2, 0) is 17.9 Å². The van der Waals surface area contributed by atoms with E-state index >= 15 is 0 Å². The van der Waals surface area contributed by atoms with Crippen molar-refractivity contribution in [3.8, 4) is 5.75 Å². The molecule has 160 valence electrons. The minimum Gasteiger partial charge on any atom is -0.486 e. The van der Waals surface area contributed by atoms with Gasteiger partial charge in [-0.05, 0) is 30.3 Å². The van der Waals surface area contributed by atoms with Gasteiger partial charge in [0.2, 0.25) is 0 Å². The number of anilines is 1. The Labute approximate surface area is 189 Å². The van der Waals surface area contributed by atoms with Crippen LogP contribution in [0.25, 0.3) is 11.0 Å². The van der Waals surface area contributed by atoms with E-state index in [9.17, 15) is 14.4 Å². The quantitative estimate of drug-likeness (QED) is 0.299. The first-order valence-corrected chi connectivity index (χ1v) is 10.5. The molecule has 1 aliphatic heterocycles. The maximum absolute atomic E-state index is 12.4. The van der Waals surface area contributed by atoms with Crippen LogP contribution in [0.4, 0.5) is 5.69 Å². The van der Waals surface area contributed by atoms with Gasteiger partial charge in [-0.3, -0.25) is 14.3 Å². The highest BCUT2D eigenvalue weighted by Gasteiger charge is 2.35. The number of aromatic nitrogens is 3. The third-order valence-corrected chi connectivity index (χ3v) is 5.55. The minimum absolute atomic E-state index is 0.103. The van der Waals surface area contributed by atoms with E-state index in [1.54, 1.807) is 47.3 Å². The summed E-state index contributed by atoms with van der Waals surface area (Å²) in [5, 5.41) is 8.82. The molecule has 0 saturated heterocycles. The largest absolute Gasteiger partial charge is 0.486 e. The zero-order valence-corrected chi connectivity index (χ0v) is 18.1. The highest BCUT2D eigenvalue weighted by molar-refractivity contribution is 9.10. The summed E-state index contributed by atoms with van der Waals surface area (Å²) in [5.41, 5.74) is 1.46. The van der Waals surface area contributed by atoms with Crippen molar-refractivity contribution < 1.29 is 18.7 Å². The molecule has 0 bridgehead atoms. The number of para-hydroxylation sites is 1. The number of amides is 1. The molecule has 0 N–H and O–H groups in total. The van der Waals surface area contributed by atoms with Crippen molar-refractivity contribution >= 4 is 44.3 Å². The second-order valence-electron chi connectivity index (χ2n) is 7.13. The first-order valence-electron chi connectivity index (χ1n) is 9.70. The van der Waals surface area contributed by atoms with E-state index in [-0.39, 0.29) is 13.2 Å².